The summed E-state index contributed by atoms with van der Waals surface area (Å²) in [7, 11) is 0. The van der Waals surface area contributed by atoms with Crippen molar-refractivity contribution >= 4 is 21.6 Å². The van der Waals surface area contributed by atoms with Crippen LogP contribution in [0.4, 0.5) is 18.9 Å². The lowest BCUT2D eigenvalue weighted by molar-refractivity contribution is -0.274. The summed E-state index contributed by atoms with van der Waals surface area (Å²) in [4.78, 5) is 0. The van der Waals surface area contributed by atoms with Gasteiger partial charge in [-0.25, -0.2) is 0 Å². The number of benzene rings is 1. The molecule has 0 spiro atoms. The van der Waals surface area contributed by atoms with Gasteiger partial charge in [-0.1, -0.05) is 11.6 Å². The average molecular weight is 324 g/mol. The minimum absolute atomic E-state index is 0.252. The van der Waals surface area contributed by atoms with Crippen LogP contribution in [0.15, 0.2) is 34.3 Å². The van der Waals surface area contributed by atoms with Crippen molar-refractivity contribution in [2.45, 2.75) is 20.2 Å². The SMILES string of the molecule is CC(C)=CCNc1ccc(OC(F)(F)F)c(Br)c1. The molecule has 0 saturated carbocycles. The van der Waals surface area contributed by atoms with E-state index in [2.05, 4.69) is 26.0 Å². The van der Waals surface area contributed by atoms with E-state index < -0.39 is 6.36 Å². The monoisotopic (exact) mass is 323 g/mol. The van der Waals surface area contributed by atoms with E-state index in [1.54, 1.807) is 6.07 Å². The van der Waals surface area contributed by atoms with E-state index in [0.717, 1.165) is 0 Å². The van der Waals surface area contributed by atoms with Crippen molar-refractivity contribution in [3.63, 3.8) is 0 Å². The summed E-state index contributed by atoms with van der Waals surface area (Å²) in [6.07, 6.45) is -2.70. The lowest BCUT2D eigenvalue weighted by Crippen LogP contribution is -2.17. The van der Waals surface area contributed by atoms with Gasteiger partial charge < -0.3 is 10.1 Å². The third kappa shape index (κ3) is 5.44. The topological polar surface area (TPSA) is 21.3 Å². The highest BCUT2D eigenvalue weighted by atomic mass is 79.9. The summed E-state index contributed by atoms with van der Waals surface area (Å²) < 4.78 is 40.2. The lowest BCUT2D eigenvalue weighted by atomic mass is 10.3. The van der Waals surface area contributed by atoms with Gasteiger partial charge in [-0.15, -0.1) is 13.2 Å². The van der Waals surface area contributed by atoms with Gasteiger partial charge in [-0.2, -0.15) is 0 Å². The quantitative estimate of drug-likeness (QED) is 0.809. The number of hydrogen-bond donors (Lipinski definition) is 1. The maximum Gasteiger partial charge on any atom is 0.573 e. The van der Waals surface area contributed by atoms with Crippen molar-refractivity contribution in [3.05, 3.63) is 34.3 Å². The Bertz CT molecular complexity index is 439. The molecule has 0 fully saturated rings. The molecule has 18 heavy (non-hydrogen) atoms. The van der Waals surface area contributed by atoms with Gasteiger partial charge in [0.15, 0.2) is 0 Å². The minimum Gasteiger partial charge on any atom is -0.405 e. The second-order valence-corrected chi connectivity index (χ2v) is 4.71. The van der Waals surface area contributed by atoms with Crippen LogP contribution in [0, 0.1) is 0 Å². The highest BCUT2D eigenvalue weighted by Gasteiger charge is 2.31. The number of alkyl halides is 3. The zero-order valence-electron chi connectivity index (χ0n) is 9.94. The molecule has 1 rings (SSSR count). The molecule has 0 aromatic heterocycles. The van der Waals surface area contributed by atoms with E-state index in [4.69, 9.17) is 0 Å². The van der Waals surface area contributed by atoms with Crippen molar-refractivity contribution in [1.82, 2.24) is 0 Å². The first-order valence-corrected chi connectivity index (χ1v) is 6.00. The number of hydrogen-bond acceptors (Lipinski definition) is 2. The molecule has 100 valence electrons. The van der Waals surface area contributed by atoms with Gasteiger partial charge in [0.25, 0.3) is 0 Å². The van der Waals surface area contributed by atoms with Crippen molar-refractivity contribution in [1.29, 1.82) is 0 Å². The second kappa shape index (κ2) is 6.13. The van der Waals surface area contributed by atoms with Crippen molar-refractivity contribution in [2.24, 2.45) is 0 Å². The molecular weight excluding hydrogens is 311 g/mol. The number of allylic oxidation sites excluding steroid dienone is 1. The Kier molecular flexibility index (Phi) is 5.07. The van der Waals surface area contributed by atoms with E-state index in [9.17, 15) is 13.2 Å². The molecule has 0 unspecified atom stereocenters. The fourth-order valence-corrected chi connectivity index (χ4v) is 1.65. The van der Waals surface area contributed by atoms with Crippen molar-refractivity contribution in [2.75, 3.05) is 11.9 Å². The van der Waals surface area contributed by atoms with Crippen LogP contribution < -0.4 is 10.1 Å². The molecular formula is C12H13BrF3NO. The van der Waals surface area contributed by atoms with Crippen LogP contribution in [0.25, 0.3) is 0 Å². The summed E-state index contributed by atoms with van der Waals surface area (Å²) in [5.41, 5.74) is 1.88. The third-order valence-corrected chi connectivity index (χ3v) is 2.59. The molecule has 2 nitrogen and oxygen atoms in total. The number of nitrogens with one attached hydrogen (secondary N) is 1. The Morgan fingerprint density at radius 3 is 2.56 bits per heavy atom. The van der Waals surface area contributed by atoms with E-state index in [0.29, 0.717) is 12.2 Å². The summed E-state index contributed by atoms with van der Waals surface area (Å²) in [6, 6.07) is 4.34. The predicted molar refractivity (Wildman–Crippen MR) is 68.7 cm³/mol. The summed E-state index contributed by atoms with van der Waals surface area (Å²) in [5.74, 6) is -0.254. The molecule has 0 aliphatic rings. The maximum absolute atomic E-state index is 12.0. The molecule has 0 radical (unpaired) electrons. The second-order valence-electron chi connectivity index (χ2n) is 3.86. The van der Waals surface area contributed by atoms with E-state index >= 15 is 0 Å². The minimum atomic E-state index is -4.68. The largest absolute Gasteiger partial charge is 0.573 e. The first-order chi connectivity index (χ1) is 8.28. The van der Waals surface area contributed by atoms with Crippen LogP contribution in [-0.2, 0) is 0 Å². The molecule has 0 saturated heterocycles. The Morgan fingerprint density at radius 2 is 2.06 bits per heavy atom. The summed E-state index contributed by atoms with van der Waals surface area (Å²) >= 11 is 3.04. The molecule has 0 bridgehead atoms. The van der Waals surface area contributed by atoms with E-state index in [1.807, 2.05) is 19.9 Å². The summed E-state index contributed by atoms with van der Waals surface area (Å²) in [6.45, 7) is 4.56. The third-order valence-electron chi connectivity index (χ3n) is 1.97. The Labute approximate surface area is 112 Å². The number of halogens is 4. The molecule has 1 N–H and O–H groups in total. The average Bonchev–Trinajstić information content (AvgIpc) is 2.19. The van der Waals surface area contributed by atoms with Crippen LogP contribution in [0.3, 0.4) is 0 Å². The summed E-state index contributed by atoms with van der Waals surface area (Å²) in [5, 5.41) is 3.06. The highest BCUT2D eigenvalue weighted by molar-refractivity contribution is 9.10. The fourth-order valence-electron chi connectivity index (χ4n) is 1.19. The van der Waals surface area contributed by atoms with Gasteiger partial charge in [0.2, 0.25) is 0 Å². The van der Waals surface area contributed by atoms with Gasteiger partial charge in [0.1, 0.15) is 5.75 Å². The van der Waals surface area contributed by atoms with Gasteiger partial charge in [0.05, 0.1) is 4.47 Å². The number of rotatable bonds is 4. The van der Waals surface area contributed by atoms with Crippen LogP contribution in [0.2, 0.25) is 0 Å². The van der Waals surface area contributed by atoms with Gasteiger partial charge in [-0.05, 0) is 48.0 Å². The number of ether oxygens (including phenoxy) is 1. The van der Waals surface area contributed by atoms with Crippen LogP contribution >= 0.6 is 15.9 Å². The smallest absolute Gasteiger partial charge is 0.405 e. The highest BCUT2D eigenvalue weighted by Crippen LogP contribution is 2.32. The van der Waals surface area contributed by atoms with E-state index in [1.165, 1.54) is 17.7 Å². The first-order valence-electron chi connectivity index (χ1n) is 5.20. The van der Waals surface area contributed by atoms with Crippen molar-refractivity contribution < 1.29 is 17.9 Å². The van der Waals surface area contributed by atoms with Gasteiger partial charge in [0, 0.05) is 12.2 Å². The zero-order chi connectivity index (χ0) is 13.8. The van der Waals surface area contributed by atoms with Crippen LogP contribution in [0.1, 0.15) is 13.8 Å². The Balaban J connectivity index is 2.70. The molecule has 1 aromatic carbocycles. The predicted octanol–water partition coefficient (Wildman–Crippen LogP) is 4.73. The lowest BCUT2D eigenvalue weighted by Gasteiger charge is -2.12. The number of anilines is 1. The van der Waals surface area contributed by atoms with E-state index in [-0.39, 0.29) is 10.2 Å². The first kappa shape index (κ1) is 14.9. The van der Waals surface area contributed by atoms with Crippen molar-refractivity contribution in [3.8, 4) is 5.75 Å². The maximum atomic E-state index is 12.0. The Morgan fingerprint density at radius 1 is 1.39 bits per heavy atom. The molecule has 0 heterocycles. The molecule has 0 amide bonds. The zero-order valence-corrected chi connectivity index (χ0v) is 11.5. The normalized spacial score (nSPS) is 11.0. The molecule has 6 heteroatoms. The molecule has 1 aromatic rings. The fraction of sp³-hybridized carbons (Fsp3) is 0.333. The standard InChI is InChI=1S/C12H13BrF3NO/c1-8(2)5-6-17-9-3-4-11(10(13)7-9)18-12(14,15)16/h3-5,7,17H,6H2,1-2H3. The van der Waals surface area contributed by atoms with Gasteiger partial charge in [-0.3, -0.25) is 0 Å². The molecule has 0 atom stereocenters. The van der Waals surface area contributed by atoms with Crippen LogP contribution in [0.5, 0.6) is 5.75 Å². The molecule has 0 aliphatic carbocycles. The van der Waals surface area contributed by atoms with Gasteiger partial charge >= 0.3 is 6.36 Å². The Hall–Kier alpha value is -1.17. The van der Waals surface area contributed by atoms with Crippen LogP contribution in [-0.4, -0.2) is 12.9 Å². The molecule has 0 aliphatic heterocycles.